The van der Waals surface area contributed by atoms with Crippen LogP contribution < -0.4 is 5.32 Å². The molecule has 0 saturated carbocycles. The molecule has 0 spiro atoms. The summed E-state index contributed by atoms with van der Waals surface area (Å²) in [5, 5.41) is 18.2. The van der Waals surface area contributed by atoms with Crippen molar-refractivity contribution in [1.82, 2.24) is 20.3 Å². The molecular weight excluding hydrogens is 170 g/mol. The lowest BCUT2D eigenvalue weighted by Crippen LogP contribution is -2.21. The van der Waals surface area contributed by atoms with Crippen LogP contribution in [0.5, 0.6) is 0 Å². The number of aryl methyl sites for hydroxylation is 1. The third-order valence-electron chi connectivity index (χ3n) is 1.36. The Morgan fingerprint density at radius 2 is 2.62 bits per heavy atom. The molecule has 1 rings (SSSR count). The van der Waals surface area contributed by atoms with Gasteiger partial charge in [0.15, 0.2) is 0 Å². The standard InChI is InChI=1S/C7H9N5O/c1-12-5-6(10-11-12)4-9-7(13)2-3-8/h5H,2,4H2,1H3,(H,9,13). The van der Waals surface area contributed by atoms with Crippen LogP contribution in [0.4, 0.5) is 0 Å². The van der Waals surface area contributed by atoms with Gasteiger partial charge in [-0.2, -0.15) is 5.26 Å². The normalized spacial score (nSPS) is 9.23. The minimum absolute atomic E-state index is 0.125. The van der Waals surface area contributed by atoms with Crippen LogP contribution in [0.3, 0.4) is 0 Å². The van der Waals surface area contributed by atoms with Gasteiger partial charge in [-0.25, -0.2) is 0 Å². The fourth-order valence-electron chi connectivity index (χ4n) is 0.800. The summed E-state index contributed by atoms with van der Waals surface area (Å²) in [5.41, 5.74) is 0.675. The number of aromatic nitrogens is 3. The predicted octanol–water partition coefficient (Wildman–Crippen LogP) is -0.655. The average molecular weight is 179 g/mol. The minimum Gasteiger partial charge on any atom is -0.349 e. The van der Waals surface area contributed by atoms with Gasteiger partial charge in [-0.3, -0.25) is 9.48 Å². The largest absolute Gasteiger partial charge is 0.349 e. The van der Waals surface area contributed by atoms with Crippen molar-refractivity contribution in [2.75, 3.05) is 0 Å². The Bertz CT molecular complexity index is 337. The van der Waals surface area contributed by atoms with Gasteiger partial charge in [-0.1, -0.05) is 5.21 Å². The quantitative estimate of drug-likeness (QED) is 0.668. The molecule has 1 heterocycles. The molecule has 6 nitrogen and oxygen atoms in total. The summed E-state index contributed by atoms with van der Waals surface area (Å²) >= 11 is 0. The van der Waals surface area contributed by atoms with Gasteiger partial charge in [0.05, 0.1) is 12.6 Å². The monoisotopic (exact) mass is 179 g/mol. The van der Waals surface area contributed by atoms with Crippen molar-refractivity contribution < 1.29 is 4.79 Å². The lowest BCUT2D eigenvalue weighted by molar-refractivity contribution is -0.120. The molecule has 0 aliphatic heterocycles. The Labute approximate surface area is 75.2 Å². The van der Waals surface area contributed by atoms with Crippen molar-refractivity contribution in [2.24, 2.45) is 7.05 Å². The molecule has 0 aliphatic carbocycles. The van der Waals surface area contributed by atoms with Crippen molar-refractivity contribution in [3.05, 3.63) is 11.9 Å². The molecule has 0 aromatic carbocycles. The molecule has 0 atom stereocenters. The second-order valence-corrected chi connectivity index (χ2v) is 2.50. The van der Waals surface area contributed by atoms with Crippen LogP contribution in [-0.4, -0.2) is 20.9 Å². The lowest BCUT2D eigenvalue weighted by Gasteiger charge is -1.96. The van der Waals surface area contributed by atoms with E-state index >= 15 is 0 Å². The summed E-state index contributed by atoms with van der Waals surface area (Å²) in [4.78, 5) is 10.8. The Hall–Kier alpha value is -1.90. The highest BCUT2D eigenvalue weighted by molar-refractivity contribution is 5.77. The van der Waals surface area contributed by atoms with E-state index in [-0.39, 0.29) is 12.3 Å². The zero-order chi connectivity index (χ0) is 9.68. The van der Waals surface area contributed by atoms with Gasteiger partial charge in [0.1, 0.15) is 12.1 Å². The Morgan fingerprint density at radius 1 is 1.85 bits per heavy atom. The Balaban J connectivity index is 2.36. The number of rotatable bonds is 3. The van der Waals surface area contributed by atoms with E-state index in [0.29, 0.717) is 12.2 Å². The van der Waals surface area contributed by atoms with Crippen LogP contribution in [0.25, 0.3) is 0 Å². The average Bonchev–Trinajstić information content (AvgIpc) is 2.49. The number of carbonyl (C=O) groups excluding carboxylic acids is 1. The van der Waals surface area contributed by atoms with E-state index in [1.165, 1.54) is 0 Å². The number of nitrogens with one attached hydrogen (secondary N) is 1. The Kier molecular flexibility index (Phi) is 2.97. The van der Waals surface area contributed by atoms with Crippen LogP contribution in [0.2, 0.25) is 0 Å². The van der Waals surface area contributed by atoms with E-state index in [1.807, 2.05) is 0 Å². The summed E-state index contributed by atoms with van der Waals surface area (Å²) in [6.45, 7) is 0.314. The highest BCUT2D eigenvalue weighted by Crippen LogP contribution is 1.89. The van der Waals surface area contributed by atoms with Crippen LogP contribution in [0.15, 0.2) is 6.20 Å². The van der Waals surface area contributed by atoms with Gasteiger partial charge in [-0.05, 0) is 0 Å². The smallest absolute Gasteiger partial charge is 0.234 e. The molecule has 0 radical (unpaired) electrons. The second-order valence-electron chi connectivity index (χ2n) is 2.50. The van der Waals surface area contributed by atoms with Gasteiger partial charge in [0, 0.05) is 13.2 Å². The first kappa shape index (κ1) is 9.19. The summed E-state index contributed by atoms with van der Waals surface area (Å²) in [5.74, 6) is -0.298. The lowest BCUT2D eigenvalue weighted by atomic mass is 10.4. The number of amides is 1. The molecule has 0 aliphatic rings. The summed E-state index contributed by atoms with van der Waals surface area (Å²) < 4.78 is 1.55. The van der Waals surface area contributed by atoms with Crippen LogP contribution >= 0.6 is 0 Å². The number of nitriles is 1. The van der Waals surface area contributed by atoms with E-state index in [0.717, 1.165) is 0 Å². The van der Waals surface area contributed by atoms with Crippen molar-refractivity contribution >= 4 is 5.91 Å². The van der Waals surface area contributed by atoms with Crippen LogP contribution in [-0.2, 0) is 18.4 Å². The van der Waals surface area contributed by atoms with Gasteiger partial charge < -0.3 is 5.32 Å². The molecule has 0 unspecified atom stereocenters. The minimum atomic E-state index is -0.298. The number of nitrogens with zero attached hydrogens (tertiary/aromatic N) is 4. The molecule has 1 N–H and O–H groups in total. The Morgan fingerprint density at radius 3 is 3.15 bits per heavy atom. The second kappa shape index (κ2) is 4.21. The van der Waals surface area contributed by atoms with Gasteiger partial charge in [0.25, 0.3) is 0 Å². The maximum Gasteiger partial charge on any atom is 0.234 e. The third kappa shape index (κ3) is 2.91. The van der Waals surface area contributed by atoms with Crippen molar-refractivity contribution in [1.29, 1.82) is 5.26 Å². The zero-order valence-corrected chi connectivity index (χ0v) is 7.19. The van der Waals surface area contributed by atoms with Crippen LogP contribution in [0, 0.1) is 11.3 Å². The van der Waals surface area contributed by atoms with E-state index in [2.05, 4.69) is 15.6 Å². The molecule has 6 heteroatoms. The fourth-order valence-corrected chi connectivity index (χ4v) is 0.800. The van der Waals surface area contributed by atoms with Crippen molar-refractivity contribution in [3.8, 4) is 6.07 Å². The highest BCUT2D eigenvalue weighted by Gasteiger charge is 2.01. The molecule has 1 aromatic heterocycles. The zero-order valence-electron chi connectivity index (χ0n) is 7.19. The molecule has 0 fully saturated rings. The summed E-state index contributed by atoms with van der Waals surface area (Å²) in [6, 6.07) is 1.76. The molecule has 0 bridgehead atoms. The molecule has 68 valence electrons. The first-order valence-corrected chi connectivity index (χ1v) is 3.71. The molecule has 13 heavy (non-hydrogen) atoms. The van der Waals surface area contributed by atoms with Crippen molar-refractivity contribution in [2.45, 2.75) is 13.0 Å². The maximum atomic E-state index is 10.8. The summed E-state index contributed by atoms with van der Waals surface area (Å²) in [7, 11) is 1.74. The maximum absolute atomic E-state index is 10.8. The van der Waals surface area contributed by atoms with Crippen molar-refractivity contribution in [3.63, 3.8) is 0 Å². The topological polar surface area (TPSA) is 83.6 Å². The van der Waals surface area contributed by atoms with E-state index in [1.54, 1.807) is 24.0 Å². The predicted molar refractivity (Wildman–Crippen MR) is 43.1 cm³/mol. The van der Waals surface area contributed by atoms with E-state index in [4.69, 9.17) is 5.26 Å². The fraction of sp³-hybridized carbons (Fsp3) is 0.429. The van der Waals surface area contributed by atoms with Gasteiger partial charge >= 0.3 is 0 Å². The van der Waals surface area contributed by atoms with E-state index in [9.17, 15) is 4.79 Å². The first-order valence-electron chi connectivity index (χ1n) is 3.71. The molecule has 0 saturated heterocycles. The van der Waals surface area contributed by atoms with Gasteiger partial charge in [-0.15, -0.1) is 5.10 Å². The number of hydrogen-bond donors (Lipinski definition) is 1. The summed E-state index contributed by atoms with van der Waals surface area (Å²) in [6.07, 6.45) is 1.58. The van der Waals surface area contributed by atoms with Crippen LogP contribution in [0.1, 0.15) is 12.1 Å². The van der Waals surface area contributed by atoms with Gasteiger partial charge in [0.2, 0.25) is 5.91 Å². The SMILES string of the molecule is Cn1cc(CNC(=O)CC#N)nn1. The molecule has 1 amide bonds. The molecule has 1 aromatic rings. The third-order valence-corrected chi connectivity index (χ3v) is 1.36. The number of carbonyl (C=O) groups is 1. The molecular formula is C7H9N5O. The van der Waals surface area contributed by atoms with E-state index < -0.39 is 0 Å². The highest BCUT2D eigenvalue weighted by atomic mass is 16.1. The number of hydrogen-bond acceptors (Lipinski definition) is 4. The first-order chi connectivity index (χ1) is 6.22.